The number of nitrogens with zero attached hydrogens (tertiary/aromatic N) is 1. The van der Waals surface area contributed by atoms with Crippen LogP contribution in [-0.4, -0.2) is 19.1 Å². The number of anilines is 1. The predicted molar refractivity (Wildman–Crippen MR) is 68.3 cm³/mol. The van der Waals surface area contributed by atoms with E-state index >= 15 is 0 Å². The van der Waals surface area contributed by atoms with Gasteiger partial charge in [-0.05, 0) is 25.5 Å². The van der Waals surface area contributed by atoms with Gasteiger partial charge in [0.25, 0.3) is 5.91 Å². The van der Waals surface area contributed by atoms with Crippen molar-refractivity contribution in [3.8, 4) is 5.75 Å². The van der Waals surface area contributed by atoms with Crippen LogP contribution in [0.5, 0.6) is 5.75 Å². The molecule has 0 aromatic heterocycles. The molecule has 17 heavy (non-hydrogen) atoms. The molecule has 1 aromatic carbocycles. The molecule has 1 aliphatic heterocycles. The van der Waals surface area contributed by atoms with Gasteiger partial charge in [-0.1, -0.05) is 25.1 Å². The molecule has 0 spiro atoms. The summed E-state index contributed by atoms with van der Waals surface area (Å²) in [6.07, 6.45) is 2.84. The number of carbonyl (C=O) groups is 1. The summed E-state index contributed by atoms with van der Waals surface area (Å²) in [4.78, 5) is 14.0. The van der Waals surface area contributed by atoms with E-state index in [0.717, 1.165) is 23.4 Å². The van der Waals surface area contributed by atoms with Crippen LogP contribution in [0.2, 0.25) is 0 Å². The third-order valence-electron chi connectivity index (χ3n) is 2.82. The normalized spacial score (nSPS) is 15.2. The van der Waals surface area contributed by atoms with E-state index in [1.54, 1.807) is 4.90 Å². The van der Waals surface area contributed by atoms with E-state index in [2.05, 4.69) is 0 Å². The van der Waals surface area contributed by atoms with Crippen molar-refractivity contribution in [3.05, 3.63) is 35.9 Å². The van der Waals surface area contributed by atoms with E-state index in [-0.39, 0.29) is 5.91 Å². The SMILES string of the molecule is CC/C=C(/C)C(=O)N1CCOc2ccccc21. The first-order chi connectivity index (χ1) is 8.24. The second-order valence-corrected chi connectivity index (χ2v) is 4.07. The van der Waals surface area contributed by atoms with Crippen LogP contribution in [0.1, 0.15) is 20.3 Å². The van der Waals surface area contributed by atoms with E-state index in [1.165, 1.54) is 0 Å². The van der Waals surface area contributed by atoms with Crippen LogP contribution >= 0.6 is 0 Å². The van der Waals surface area contributed by atoms with Gasteiger partial charge in [0.1, 0.15) is 12.4 Å². The number of allylic oxidation sites excluding steroid dienone is 1. The Morgan fingerprint density at radius 1 is 1.47 bits per heavy atom. The number of amides is 1. The number of fused-ring (bicyclic) bond motifs is 1. The summed E-state index contributed by atoms with van der Waals surface area (Å²) in [5.41, 5.74) is 1.66. The molecule has 1 heterocycles. The Morgan fingerprint density at radius 3 is 3.00 bits per heavy atom. The van der Waals surface area contributed by atoms with Crippen LogP contribution < -0.4 is 9.64 Å². The number of carbonyl (C=O) groups excluding carboxylic acids is 1. The third kappa shape index (κ3) is 2.33. The van der Waals surface area contributed by atoms with Gasteiger partial charge in [-0.25, -0.2) is 0 Å². The first-order valence-electron chi connectivity index (χ1n) is 5.94. The van der Waals surface area contributed by atoms with E-state index in [9.17, 15) is 4.79 Å². The van der Waals surface area contributed by atoms with Crippen molar-refractivity contribution in [2.24, 2.45) is 0 Å². The molecule has 0 unspecified atom stereocenters. The molecule has 0 saturated carbocycles. The fourth-order valence-electron chi connectivity index (χ4n) is 1.99. The van der Waals surface area contributed by atoms with Crippen molar-refractivity contribution in [2.75, 3.05) is 18.1 Å². The summed E-state index contributed by atoms with van der Waals surface area (Å²) in [5.74, 6) is 0.860. The monoisotopic (exact) mass is 231 g/mol. The van der Waals surface area contributed by atoms with E-state index < -0.39 is 0 Å². The molecule has 1 aliphatic rings. The average molecular weight is 231 g/mol. The van der Waals surface area contributed by atoms with Crippen molar-refractivity contribution in [1.29, 1.82) is 0 Å². The Morgan fingerprint density at radius 2 is 2.24 bits per heavy atom. The minimum absolute atomic E-state index is 0.0719. The highest BCUT2D eigenvalue weighted by Gasteiger charge is 2.23. The van der Waals surface area contributed by atoms with Crippen LogP contribution in [0, 0.1) is 0 Å². The summed E-state index contributed by atoms with van der Waals surface area (Å²) in [6.45, 7) is 5.07. The maximum atomic E-state index is 12.3. The molecule has 0 radical (unpaired) electrons. The van der Waals surface area contributed by atoms with Gasteiger partial charge in [0, 0.05) is 5.57 Å². The van der Waals surface area contributed by atoms with Gasteiger partial charge in [0.15, 0.2) is 0 Å². The largest absolute Gasteiger partial charge is 0.490 e. The van der Waals surface area contributed by atoms with Crippen molar-refractivity contribution in [2.45, 2.75) is 20.3 Å². The van der Waals surface area contributed by atoms with Gasteiger partial charge in [0.05, 0.1) is 12.2 Å². The number of rotatable bonds is 2. The second kappa shape index (κ2) is 5.04. The Balaban J connectivity index is 2.30. The molecular formula is C14H17NO2. The highest BCUT2D eigenvalue weighted by molar-refractivity contribution is 6.06. The van der Waals surface area contributed by atoms with Crippen molar-refractivity contribution in [3.63, 3.8) is 0 Å². The van der Waals surface area contributed by atoms with Gasteiger partial charge in [-0.3, -0.25) is 4.79 Å². The topological polar surface area (TPSA) is 29.5 Å². The Kier molecular flexibility index (Phi) is 3.47. The minimum atomic E-state index is 0.0719. The van der Waals surface area contributed by atoms with Crippen LogP contribution in [0.4, 0.5) is 5.69 Å². The third-order valence-corrected chi connectivity index (χ3v) is 2.82. The molecule has 90 valence electrons. The van der Waals surface area contributed by atoms with Gasteiger partial charge >= 0.3 is 0 Å². The second-order valence-electron chi connectivity index (χ2n) is 4.07. The molecule has 1 amide bonds. The zero-order valence-electron chi connectivity index (χ0n) is 10.3. The van der Waals surface area contributed by atoms with Crippen LogP contribution in [0.25, 0.3) is 0 Å². The predicted octanol–water partition coefficient (Wildman–Crippen LogP) is 2.77. The zero-order chi connectivity index (χ0) is 12.3. The molecule has 3 nitrogen and oxygen atoms in total. The fraction of sp³-hybridized carbons (Fsp3) is 0.357. The first kappa shape index (κ1) is 11.7. The molecular weight excluding hydrogens is 214 g/mol. The molecule has 1 aromatic rings. The van der Waals surface area contributed by atoms with Crippen LogP contribution in [0.3, 0.4) is 0 Å². The smallest absolute Gasteiger partial charge is 0.253 e. The molecule has 2 rings (SSSR count). The van der Waals surface area contributed by atoms with E-state index in [4.69, 9.17) is 4.74 Å². The lowest BCUT2D eigenvalue weighted by atomic mass is 10.1. The van der Waals surface area contributed by atoms with Crippen LogP contribution in [0.15, 0.2) is 35.9 Å². The number of ether oxygens (including phenoxy) is 1. The Hall–Kier alpha value is -1.77. The van der Waals surface area contributed by atoms with Gasteiger partial charge in [-0.15, -0.1) is 0 Å². The minimum Gasteiger partial charge on any atom is -0.490 e. The Labute approximate surface area is 102 Å². The summed E-state index contributed by atoms with van der Waals surface area (Å²) in [6, 6.07) is 7.66. The molecule has 3 heteroatoms. The lowest BCUT2D eigenvalue weighted by Crippen LogP contribution is -2.38. The number of hydrogen-bond acceptors (Lipinski definition) is 2. The maximum Gasteiger partial charge on any atom is 0.253 e. The van der Waals surface area contributed by atoms with Crippen molar-refractivity contribution >= 4 is 11.6 Å². The Bertz CT molecular complexity index is 451. The number of hydrogen-bond donors (Lipinski definition) is 0. The van der Waals surface area contributed by atoms with Gasteiger partial charge in [0.2, 0.25) is 0 Å². The standard InChI is InChI=1S/C14H17NO2/c1-3-6-11(2)14(16)15-9-10-17-13-8-5-4-7-12(13)15/h4-8H,3,9-10H2,1-2H3/b11-6-. The molecule has 0 saturated heterocycles. The summed E-state index contributed by atoms with van der Waals surface area (Å²) >= 11 is 0. The summed E-state index contributed by atoms with van der Waals surface area (Å²) in [5, 5.41) is 0. The lowest BCUT2D eigenvalue weighted by Gasteiger charge is -2.29. The van der Waals surface area contributed by atoms with E-state index in [1.807, 2.05) is 44.2 Å². The van der Waals surface area contributed by atoms with Gasteiger partial charge in [-0.2, -0.15) is 0 Å². The zero-order valence-corrected chi connectivity index (χ0v) is 10.3. The molecule has 0 N–H and O–H groups in total. The summed E-state index contributed by atoms with van der Waals surface area (Å²) < 4.78 is 5.53. The van der Waals surface area contributed by atoms with Crippen LogP contribution in [-0.2, 0) is 4.79 Å². The van der Waals surface area contributed by atoms with E-state index in [0.29, 0.717) is 13.2 Å². The van der Waals surface area contributed by atoms with Gasteiger partial charge < -0.3 is 9.64 Å². The molecule has 0 fully saturated rings. The highest BCUT2D eigenvalue weighted by atomic mass is 16.5. The average Bonchev–Trinajstić information content (AvgIpc) is 2.37. The summed E-state index contributed by atoms with van der Waals surface area (Å²) in [7, 11) is 0. The lowest BCUT2D eigenvalue weighted by molar-refractivity contribution is -0.115. The first-order valence-corrected chi connectivity index (χ1v) is 5.94. The number of benzene rings is 1. The molecule has 0 atom stereocenters. The van der Waals surface area contributed by atoms with Crippen molar-refractivity contribution < 1.29 is 9.53 Å². The molecule has 0 aliphatic carbocycles. The maximum absolute atomic E-state index is 12.3. The highest BCUT2D eigenvalue weighted by Crippen LogP contribution is 2.31. The number of para-hydroxylation sites is 2. The quantitative estimate of drug-likeness (QED) is 0.732. The fourth-order valence-corrected chi connectivity index (χ4v) is 1.99. The van der Waals surface area contributed by atoms with Crippen molar-refractivity contribution in [1.82, 2.24) is 0 Å². The molecule has 0 bridgehead atoms.